The number of unbranched alkanes of at least 4 members (excludes halogenated alkanes) is 2. The number of nitrogens with zero attached hydrogens (tertiary/aromatic N) is 5. The van der Waals surface area contributed by atoms with Crippen molar-refractivity contribution >= 4 is 28.4 Å². The molecule has 0 atom stereocenters. The van der Waals surface area contributed by atoms with Crippen LogP contribution in [0.25, 0.3) is 16.7 Å². The Kier molecular flexibility index (Phi) is 6.26. The minimum Gasteiger partial charge on any atom is -0.385 e. The van der Waals surface area contributed by atoms with Gasteiger partial charge >= 0.3 is 0 Å². The van der Waals surface area contributed by atoms with Crippen LogP contribution in [0.2, 0.25) is 0 Å². The number of nitriles is 1. The van der Waals surface area contributed by atoms with Gasteiger partial charge < -0.3 is 4.74 Å². The maximum absolute atomic E-state index is 12.9. The number of para-hydroxylation sites is 1. The number of thioether (sulfide) groups is 1. The number of hydrogen-bond donors (Lipinski definition) is 0. The standard InChI is InChI=1S/C18H21N5O2S/c1-25-12-7-11-22-16(24)14-8-3-4-9-15(14)23-17(22)20-21-18(23)26-13-6-2-5-10-19/h3-4,8-9H,2,5-7,11-13H2,1H3. The lowest BCUT2D eigenvalue weighted by Crippen LogP contribution is -2.24. The average molecular weight is 371 g/mol. The van der Waals surface area contributed by atoms with Crippen molar-refractivity contribution in [1.82, 2.24) is 19.2 Å². The molecule has 2 heterocycles. The highest BCUT2D eigenvalue weighted by atomic mass is 32.2. The predicted octanol–water partition coefficient (Wildman–Crippen LogP) is 2.87. The van der Waals surface area contributed by atoms with Crippen LogP contribution >= 0.6 is 11.8 Å². The summed E-state index contributed by atoms with van der Waals surface area (Å²) < 4.78 is 8.74. The van der Waals surface area contributed by atoms with Crippen LogP contribution in [0, 0.1) is 11.3 Å². The van der Waals surface area contributed by atoms with Crippen LogP contribution in [0.3, 0.4) is 0 Å². The van der Waals surface area contributed by atoms with Crippen molar-refractivity contribution in [2.75, 3.05) is 19.5 Å². The normalized spacial score (nSPS) is 11.2. The fraction of sp³-hybridized carbons (Fsp3) is 0.444. The Hall–Kier alpha value is -2.37. The highest BCUT2D eigenvalue weighted by Gasteiger charge is 2.16. The average Bonchev–Trinajstić information content (AvgIpc) is 3.08. The number of hydrogen-bond acceptors (Lipinski definition) is 6. The minimum atomic E-state index is -0.0535. The fourth-order valence-electron chi connectivity index (χ4n) is 2.87. The van der Waals surface area contributed by atoms with Crippen molar-refractivity contribution in [3.05, 3.63) is 34.6 Å². The van der Waals surface area contributed by atoms with E-state index in [0.717, 1.165) is 35.7 Å². The van der Waals surface area contributed by atoms with Crippen molar-refractivity contribution < 1.29 is 4.74 Å². The maximum atomic E-state index is 12.9. The zero-order valence-corrected chi connectivity index (χ0v) is 15.5. The van der Waals surface area contributed by atoms with Gasteiger partial charge in [-0.2, -0.15) is 5.26 Å². The molecule has 0 aliphatic carbocycles. The molecular formula is C18H21N5O2S. The first-order valence-corrected chi connectivity index (χ1v) is 9.62. The van der Waals surface area contributed by atoms with Crippen molar-refractivity contribution in [2.24, 2.45) is 0 Å². The van der Waals surface area contributed by atoms with Gasteiger partial charge in [0, 0.05) is 32.4 Å². The topological polar surface area (TPSA) is 85.2 Å². The number of fused-ring (bicyclic) bond motifs is 3. The number of benzene rings is 1. The molecular weight excluding hydrogens is 350 g/mol. The molecule has 0 spiro atoms. The highest BCUT2D eigenvalue weighted by molar-refractivity contribution is 7.99. The number of ether oxygens (including phenoxy) is 1. The lowest BCUT2D eigenvalue weighted by molar-refractivity contribution is 0.190. The Bertz CT molecular complexity index is 989. The van der Waals surface area contributed by atoms with E-state index in [1.54, 1.807) is 23.4 Å². The molecule has 0 saturated heterocycles. The van der Waals surface area contributed by atoms with Gasteiger partial charge in [-0.3, -0.25) is 13.8 Å². The molecule has 3 aromatic rings. The Balaban J connectivity index is 2.00. The van der Waals surface area contributed by atoms with E-state index in [4.69, 9.17) is 10.00 Å². The van der Waals surface area contributed by atoms with E-state index in [0.29, 0.717) is 30.7 Å². The van der Waals surface area contributed by atoms with Crippen molar-refractivity contribution in [3.8, 4) is 6.07 Å². The van der Waals surface area contributed by atoms with Crippen LogP contribution in [-0.4, -0.2) is 38.6 Å². The van der Waals surface area contributed by atoms with Crippen LogP contribution < -0.4 is 5.56 Å². The summed E-state index contributed by atoms with van der Waals surface area (Å²) in [6.07, 6.45) is 3.12. The third-order valence-corrected chi connectivity index (χ3v) is 5.14. The first kappa shape index (κ1) is 18.4. The monoisotopic (exact) mass is 371 g/mol. The van der Waals surface area contributed by atoms with Gasteiger partial charge in [-0.05, 0) is 31.4 Å². The molecule has 7 nitrogen and oxygen atoms in total. The van der Waals surface area contributed by atoms with Gasteiger partial charge in [-0.15, -0.1) is 10.2 Å². The van der Waals surface area contributed by atoms with Crippen LogP contribution in [0.15, 0.2) is 34.2 Å². The SMILES string of the molecule is COCCCn1c(=O)c2ccccc2n2c(SCCCCC#N)nnc12. The Labute approximate surface area is 155 Å². The number of rotatable bonds is 9. The van der Waals surface area contributed by atoms with E-state index in [2.05, 4.69) is 16.3 Å². The summed E-state index contributed by atoms with van der Waals surface area (Å²) in [6.45, 7) is 1.12. The van der Waals surface area contributed by atoms with E-state index in [9.17, 15) is 4.79 Å². The molecule has 1 aromatic carbocycles. The molecule has 0 fully saturated rings. The molecule has 136 valence electrons. The molecule has 0 aliphatic heterocycles. The molecule has 0 N–H and O–H groups in total. The van der Waals surface area contributed by atoms with Crippen LogP contribution in [0.5, 0.6) is 0 Å². The minimum absolute atomic E-state index is 0.0535. The van der Waals surface area contributed by atoms with Crippen molar-refractivity contribution in [3.63, 3.8) is 0 Å². The lowest BCUT2D eigenvalue weighted by atomic mass is 10.2. The van der Waals surface area contributed by atoms with Gasteiger partial charge in [0.25, 0.3) is 5.56 Å². The first-order valence-electron chi connectivity index (χ1n) is 8.63. The van der Waals surface area contributed by atoms with E-state index < -0.39 is 0 Å². The summed E-state index contributed by atoms with van der Waals surface area (Å²) in [5.41, 5.74) is 0.766. The molecule has 0 radical (unpaired) electrons. The summed E-state index contributed by atoms with van der Waals surface area (Å²) in [6, 6.07) is 9.71. The van der Waals surface area contributed by atoms with Crippen molar-refractivity contribution in [1.29, 1.82) is 5.26 Å². The third kappa shape index (κ3) is 3.74. The fourth-order valence-corrected chi connectivity index (χ4v) is 3.80. The molecule has 2 aromatic heterocycles. The summed E-state index contributed by atoms with van der Waals surface area (Å²) in [5, 5.41) is 18.7. The molecule has 0 unspecified atom stereocenters. The largest absolute Gasteiger partial charge is 0.385 e. The van der Waals surface area contributed by atoms with Gasteiger partial charge in [0.15, 0.2) is 5.16 Å². The molecule has 26 heavy (non-hydrogen) atoms. The van der Waals surface area contributed by atoms with Crippen LogP contribution in [0.1, 0.15) is 25.7 Å². The van der Waals surface area contributed by atoms with Crippen molar-refractivity contribution in [2.45, 2.75) is 37.4 Å². The van der Waals surface area contributed by atoms with E-state index in [1.807, 2.05) is 28.7 Å². The van der Waals surface area contributed by atoms with Gasteiger partial charge in [0.2, 0.25) is 5.78 Å². The molecule has 3 rings (SSSR count). The van der Waals surface area contributed by atoms with Crippen LogP contribution in [0.4, 0.5) is 0 Å². The molecule has 0 bridgehead atoms. The summed E-state index contributed by atoms with van der Waals surface area (Å²) >= 11 is 1.60. The molecule has 8 heteroatoms. The zero-order valence-electron chi connectivity index (χ0n) is 14.7. The van der Waals surface area contributed by atoms with E-state index in [-0.39, 0.29) is 5.56 Å². The van der Waals surface area contributed by atoms with Gasteiger partial charge in [0.1, 0.15) is 0 Å². The lowest BCUT2D eigenvalue weighted by Gasteiger charge is -2.11. The second kappa shape index (κ2) is 8.83. The van der Waals surface area contributed by atoms with Crippen LogP contribution in [-0.2, 0) is 11.3 Å². The van der Waals surface area contributed by atoms with Gasteiger partial charge in [-0.1, -0.05) is 23.9 Å². The number of methoxy groups -OCH3 is 1. The highest BCUT2D eigenvalue weighted by Crippen LogP contribution is 2.22. The summed E-state index contributed by atoms with van der Waals surface area (Å²) in [4.78, 5) is 12.9. The zero-order chi connectivity index (χ0) is 18.4. The summed E-state index contributed by atoms with van der Waals surface area (Å²) in [7, 11) is 1.65. The third-order valence-electron chi connectivity index (χ3n) is 4.12. The Morgan fingerprint density at radius 2 is 2.08 bits per heavy atom. The number of aryl methyl sites for hydroxylation is 1. The molecule has 0 aliphatic rings. The quantitative estimate of drug-likeness (QED) is 0.425. The smallest absolute Gasteiger partial charge is 0.262 e. The predicted molar refractivity (Wildman–Crippen MR) is 101 cm³/mol. The second-order valence-corrected chi connectivity index (χ2v) is 6.96. The van der Waals surface area contributed by atoms with Gasteiger partial charge in [0.05, 0.1) is 17.0 Å². The van der Waals surface area contributed by atoms with E-state index >= 15 is 0 Å². The van der Waals surface area contributed by atoms with Gasteiger partial charge in [-0.25, -0.2) is 0 Å². The maximum Gasteiger partial charge on any atom is 0.262 e. The Morgan fingerprint density at radius 1 is 1.23 bits per heavy atom. The number of aromatic nitrogens is 4. The van der Waals surface area contributed by atoms with E-state index in [1.165, 1.54) is 0 Å². The molecule has 0 amide bonds. The second-order valence-electron chi connectivity index (χ2n) is 5.90. The Morgan fingerprint density at radius 3 is 2.88 bits per heavy atom. The molecule has 0 saturated carbocycles. The summed E-state index contributed by atoms with van der Waals surface area (Å²) in [5.74, 6) is 1.42. The first-order chi connectivity index (χ1) is 12.8.